The highest BCUT2D eigenvalue weighted by molar-refractivity contribution is 14.1. The molecule has 0 spiro atoms. The van der Waals surface area contributed by atoms with Crippen molar-refractivity contribution in [3.05, 3.63) is 19.6 Å². The Morgan fingerprint density at radius 2 is 2.29 bits per heavy atom. The van der Waals surface area contributed by atoms with Crippen LogP contribution in [0.1, 0.15) is 12.6 Å². The van der Waals surface area contributed by atoms with E-state index in [1.807, 2.05) is 36.4 Å². The monoisotopic (exact) mass is 304 g/mol. The second-order valence-corrected chi connectivity index (χ2v) is 3.99. The van der Waals surface area contributed by atoms with Gasteiger partial charge in [0.1, 0.15) is 0 Å². The van der Waals surface area contributed by atoms with E-state index in [0.29, 0.717) is 14.7 Å². The van der Waals surface area contributed by atoms with Crippen LogP contribution in [0.4, 0.5) is 0 Å². The van der Waals surface area contributed by atoms with Gasteiger partial charge in [-0.15, -0.1) is 0 Å². The van der Waals surface area contributed by atoms with Gasteiger partial charge in [-0.05, 0) is 36.4 Å². The Bertz CT molecular complexity index is 542. The number of hydrogen-bond acceptors (Lipinski definition) is 3. The molecule has 2 rings (SSSR count). The Morgan fingerprint density at radius 3 is 2.93 bits per heavy atom. The lowest BCUT2D eigenvalue weighted by Crippen LogP contribution is -2.10. The first-order valence-corrected chi connectivity index (χ1v) is 5.34. The summed E-state index contributed by atoms with van der Waals surface area (Å²) in [5.74, 6) is 0. The second-order valence-electron chi connectivity index (χ2n) is 2.97. The third kappa shape index (κ3) is 1.24. The first-order valence-electron chi connectivity index (χ1n) is 4.26. The highest BCUT2D eigenvalue weighted by atomic mass is 127. The van der Waals surface area contributed by atoms with E-state index in [4.69, 9.17) is 0 Å². The van der Waals surface area contributed by atoms with Gasteiger partial charge in [0.15, 0.2) is 9.35 Å². The Kier molecular flexibility index (Phi) is 2.30. The van der Waals surface area contributed by atoms with E-state index in [0.717, 1.165) is 12.2 Å². The normalized spacial score (nSPS) is 11.1. The van der Waals surface area contributed by atoms with Crippen molar-refractivity contribution in [2.24, 2.45) is 0 Å². The van der Waals surface area contributed by atoms with E-state index in [2.05, 4.69) is 15.3 Å². The first kappa shape index (κ1) is 9.63. The highest BCUT2D eigenvalue weighted by Gasteiger charge is 2.12. The van der Waals surface area contributed by atoms with Crippen LogP contribution in [0.5, 0.6) is 0 Å². The zero-order chi connectivity index (χ0) is 10.3. The molecular formula is C8H9IN4O. The average Bonchev–Trinajstić information content (AvgIpc) is 2.49. The van der Waals surface area contributed by atoms with Gasteiger partial charge in [0, 0.05) is 6.54 Å². The number of halogens is 1. The number of nitrogens with zero attached hydrogens (tertiary/aromatic N) is 3. The van der Waals surface area contributed by atoms with E-state index < -0.39 is 0 Å². The number of aromatic amines is 1. The molecule has 1 N–H and O–H groups in total. The van der Waals surface area contributed by atoms with Crippen molar-refractivity contribution in [2.45, 2.75) is 20.4 Å². The summed E-state index contributed by atoms with van der Waals surface area (Å²) < 4.78 is 2.20. The summed E-state index contributed by atoms with van der Waals surface area (Å²) in [6.07, 6.45) is 0. The van der Waals surface area contributed by atoms with Crippen molar-refractivity contribution in [2.75, 3.05) is 0 Å². The van der Waals surface area contributed by atoms with Gasteiger partial charge >= 0.3 is 0 Å². The van der Waals surface area contributed by atoms with Crippen LogP contribution in [0, 0.1) is 10.6 Å². The quantitative estimate of drug-likeness (QED) is 0.801. The molecule has 0 saturated heterocycles. The molecule has 0 saturated carbocycles. The number of nitrogens with one attached hydrogen (secondary N) is 1. The van der Waals surface area contributed by atoms with Gasteiger partial charge in [-0.1, -0.05) is 0 Å². The summed E-state index contributed by atoms with van der Waals surface area (Å²) in [6.45, 7) is 4.53. The second kappa shape index (κ2) is 3.34. The van der Waals surface area contributed by atoms with Crippen LogP contribution in [-0.2, 0) is 6.54 Å². The Hall–Kier alpha value is -0.920. The van der Waals surface area contributed by atoms with Crippen LogP contribution in [0.2, 0.25) is 0 Å². The molecular weight excluding hydrogens is 295 g/mol. The molecule has 0 amide bonds. The molecule has 74 valence electrons. The fourth-order valence-corrected chi connectivity index (χ4v) is 1.84. The summed E-state index contributed by atoms with van der Waals surface area (Å²) >= 11 is 1.92. The zero-order valence-electron chi connectivity index (χ0n) is 7.83. The molecule has 0 aliphatic rings. The molecule has 0 atom stereocenters. The molecule has 2 aromatic heterocycles. The lowest BCUT2D eigenvalue weighted by Gasteiger charge is -1.96. The van der Waals surface area contributed by atoms with E-state index >= 15 is 0 Å². The van der Waals surface area contributed by atoms with Gasteiger partial charge in [0.2, 0.25) is 5.43 Å². The molecule has 0 bridgehead atoms. The summed E-state index contributed by atoms with van der Waals surface area (Å²) in [7, 11) is 0. The topological polar surface area (TPSA) is 63.6 Å². The van der Waals surface area contributed by atoms with Gasteiger partial charge in [-0.2, -0.15) is 10.2 Å². The predicted octanol–water partition coefficient (Wildman–Crippen LogP) is 1.05. The summed E-state index contributed by atoms with van der Waals surface area (Å²) in [5.41, 5.74) is 1.41. The van der Waals surface area contributed by atoms with Crippen LogP contribution in [0.3, 0.4) is 0 Å². The minimum Gasteiger partial charge on any atom is -0.286 e. The number of rotatable bonds is 1. The molecule has 0 aliphatic carbocycles. The molecule has 0 radical (unpaired) electrons. The summed E-state index contributed by atoms with van der Waals surface area (Å²) in [6, 6.07) is 0. The highest BCUT2D eigenvalue weighted by Crippen LogP contribution is 2.11. The van der Waals surface area contributed by atoms with Gasteiger partial charge in [-0.25, -0.2) is 4.68 Å². The summed E-state index contributed by atoms with van der Waals surface area (Å²) in [4.78, 5) is 11.7. The molecule has 0 unspecified atom stereocenters. The Labute approximate surface area is 93.6 Å². The van der Waals surface area contributed by atoms with Crippen molar-refractivity contribution in [3.8, 4) is 0 Å². The van der Waals surface area contributed by atoms with Crippen molar-refractivity contribution in [3.63, 3.8) is 0 Å². The lowest BCUT2D eigenvalue weighted by molar-refractivity contribution is 0.665. The van der Waals surface area contributed by atoms with Gasteiger partial charge < -0.3 is 0 Å². The van der Waals surface area contributed by atoms with Crippen LogP contribution in [0.25, 0.3) is 11.0 Å². The van der Waals surface area contributed by atoms with E-state index in [-0.39, 0.29) is 5.43 Å². The molecule has 2 aromatic rings. The summed E-state index contributed by atoms with van der Waals surface area (Å²) in [5, 5.41) is 11.7. The third-order valence-electron chi connectivity index (χ3n) is 2.10. The molecule has 2 heterocycles. The van der Waals surface area contributed by atoms with Crippen molar-refractivity contribution >= 4 is 33.6 Å². The van der Waals surface area contributed by atoms with Crippen LogP contribution in [0.15, 0.2) is 4.79 Å². The molecule has 6 heteroatoms. The Morgan fingerprint density at radius 1 is 1.57 bits per heavy atom. The standard InChI is InChI=1S/C8H9IN4O/c1-3-13-8-5(4(2)12-13)6(14)7(9)10-11-8/h3H2,1-2H3,(H,11,14). The fraction of sp³-hybridized carbons (Fsp3) is 0.375. The molecule has 0 fully saturated rings. The van der Waals surface area contributed by atoms with E-state index in [9.17, 15) is 4.79 Å². The maximum atomic E-state index is 11.7. The predicted molar refractivity (Wildman–Crippen MR) is 61.3 cm³/mol. The Balaban J connectivity index is 2.97. The minimum atomic E-state index is -0.0449. The van der Waals surface area contributed by atoms with Gasteiger partial charge in [0.05, 0.1) is 11.1 Å². The van der Waals surface area contributed by atoms with Gasteiger partial charge in [-0.3, -0.25) is 9.89 Å². The van der Waals surface area contributed by atoms with Crippen molar-refractivity contribution in [1.82, 2.24) is 20.0 Å². The maximum absolute atomic E-state index is 11.7. The zero-order valence-corrected chi connectivity index (χ0v) is 9.99. The smallest absolute Gasteiger partial charge is 0.225 e. The molecule has 14 heavy (non-hydrogen) atoms. The largest absolute Gasteiger partial charge is 0.286 e. The molecule has 0 aliphatic heterocycles. The third-order valence-corrected chi connectivity index (χ3v) is 2.83. The van der Waals surface area contributed by atoms with Crippen molar-refractivity contribution in [1.29, 1.82) is 0 Å². The lowest BCUT2D eigenvalue weighted by atomic mass is 10.3. The number of H-pyrrole nitrogens is 1. The minimum absolute atomic E-state index is 0.0449. The number of aryl methyl sites for hydroxylation is 2. The molecule has 0 aromatic carbocycles. The van der Waals surface area contributed by atoms with Crippen LogP contribution < -0.4 is 5.43 Å². The SMILES string of the molecule is CCn1nc(C)c2c(=O)c(I)n[nH]c21. The maximum Gasteiger partial charge on any atom is 0.225 e. The number of hydrogen-bond donors (Lipinski definition) is 1. The van der Waals surface area contributed by atoms with E-state index in [1.165, 1.54) is 0 Å². The van der Waals surface area contributed by atoms with Crippen molar-refractivity contribution < 1.29 is 0 Å². The number of fused-ring (bicyclic) bond motifs is 1. The van der Waals surface area contributed by atoms with Gasteiger partial charge in [0.25, 0.3) is 0 Å². The van der Waals surface area contributed by atoms with Crippen LogP contribution in [-0.4, -0.2) is 20.0 Å². The average molecular weight is 304 g/mol. The first-order chi connectivity index (χ1) is 6.65. The number of aromatic nitrogens is 4. The fourth-order valence-electron chi connectivity index (χ4n) is 1.45. The van der Waals surface area contributed by atoms with E-state index in [1.54, 1.807) is 4.68 Å². The molecule has 5 nitrogen and oxygen atoms in total. The van der Waals surface area contributed by atoms with Crippen LogP contribution >= 0.6 is 22.6 Å².